The minimum Gasteiger partial charge on any atom is -0.347 e. The van der Waals surface area contributed by atoms with Crippen molar-refractivity contribution in [3.8, 4) is 0 Å². The van der Waals surface area contributed by atoms with Gasteiger partial charge in [0.2, 0.25) is 11.4 Å². The number of nitrogens with zero attached hydrogens (tertiary/aromatic N) is 4. The summed E-state index contributed by atoms with van der Waals surface area (Å²) in [7, 11) is 9.01. The third-order valence-electron chi connectivity index (χ3n) is 19.4. The highest BCUT2D eigenvalue weighted by molar-refractivity contribution is 6.04. The van der Waals surface area contributed by atoms with Crippen molar-refractivity contribution in [2.45, 2.75) is 74.0 Å². The predicted molar refractivity (Wildman–Crippen MR) is 351 cm³/mol. The molecule has 0 aliphatic carbocycles. The van der Waals surface area contributed by atoms with Gasteiger partial charge in [-0.15, -0.1) is 0 Å². The Balaban J connectivity index is 0.809. The summed E-state index contributed by atoms with van der Waals surface area (Å²) >= 11 is 0. The van der Waals surface area contributed by atoms with Gasteiger partial charge in [0, 0.05) is 83.1 Å². The second-order valence-electron chi connectivity index (χ2n) is 24.5. The van der Waals surface area contributed by atoms with E-state index in [1.54, 1.807) is 0 Å². The largest absolute Gasteiger partial charge is 0.347 e. The predicted octanol–water partition coefficient (Wildman–Crippen LogP) is 16.8. The average molecular weight is 1090 g/mol. The van der Waals surface area contributed by atoms with Gasteiger partial charge in [0.05, 0.1) is 10.8 Å². The fourth-order valence-corrected chi connectivity index (χ4v) is 15.5. The molecule has 4 aliphatic rings. The van der Waals surface area contributed by atoms with Crippen LogP contribution in [0.15, 0.2) is 291 Å². The third kappa shape index (κ3) is 9.52. The van der Waals surface area contributed by atoms with Gasteiger partial charge in [-0.3, -0.25) is 0 Å². The highest BCUT2D eigenvalue weighted by Gasteiger charge is 2.50. The first-order valence-corrected chi connectivity index (χ1v) is 30.1. The Morgan fingerprint density at radius 2 is 0.595 bits per heavy atom. The van der Waals surface area contributed by atoms with E-state index >= 15 is 0 Å². The molecule has 414 valence electrons. The van der Waals surface area contributed by atoms with Crippen LogP contribution in [0.5, 0.6) is 0 Å². The normalized spacial score (nSPS) is 20.2. The van der Waals surface area contributed by atoms with Crippen molar-refractivity contribution < 1.29 is 9.15 Å². The summed E-state index contributed by atoms with van der Waals surface area (Å²) in [5.74, 6) is 0. The molecule has 0 saturated heterocycles. The molecule has 0 bridgehead atoms. The van der Waals surface area contributed by atoms with Crippen LogP contribution in [0.4, 0.5) is 22.7 Å². The maximum atomic E-state index is 2.45. The van der Waals surface area contributed by atoms with Crippen LogP contribution in [-0.4, -0.2) is 48.8 Å². The third-order valence-corrected chi connectivity index (χ3v) is 19.4. The molecule has 0 fully saturated rings. The molecule has 0 radical (unpaired) electrons. The van der Waals surface area contributed by atoms with E-state index < -0.39 is 0 Å². The second kappa shape index (κ2) is 22.2. The molecule has 4 nitrogen and oxygen atoms in total. The highest BCUT2D eigenvalue weighted by Crippen LogP contribution is 2.53. The summed E-state index contributed by atoms with van der Waals surface area (Å²) < 4.78 is 4.86. The molecule has 4 heterocycles. The maximum Gasteiger partial charge on any atom is 0.209 e. The topological polar surface area (TPSA) is 12.5 Å². The van der Waals surface area contributed by atoms with Crippen molar-refractivity contribution >= 4 is 34.2 Å². The molecule has 84 heavy (non-hydrogen) atoms. The second-order valence-corrected chi connectivity index (χ2v) is 24.5. The van der Waals surface area contributed by atoms with Crippen LogP contribution >= 0.6 is 0 Å². The Morgan fingerprint density at radius 3 is 0.929 bits per heavy atom. The summed E-state index contributed by atoms with van der Waals surface area (Å²) in [6.07, 6.45) is 19.7. The molecule has 0 N–H and O–H groups in total. The quantitative estimate of drug-likeness (QED) is 0.0894. The van der Waals surface area contributed by atoms with E-state index in [2.05, 4.69) is 340 Å². The highest BCUT2D eigenvalue weighted by atomic mass is 15.2. The van der Waals surface area contributed by atoms with E-state index in [-0.39, 0.29) is 21.7 Å². The van der Waals surface area contributed by atoms with Gasteiger partial charge in [-0.2, -0.15) is 9.15 Å². The Bertz CT molecular complexity index is 3740. The van der Waals surface area contributed by atoms with Crippen molar-refractivity contribution in [2.24, 2.45) is 0 Å². The number of rotatable bonds is 16. The summed E-state index contributed by atoms with van der Waals surface area (Å²) in [6, 6.07) is 90.0. The number of anilines is 2. The molecule has 4 aliphatic heterocycles. The van der Waals surface area contributed by atoms with Gasteiger partial charge in [-0.1, -0.05) is 231 Å². The van der Waals surface area contributed by atoms with Gasteiger partial charge in [-0.05, 0) is 121 Å². The summed E-state index contributed by atoms with van der Waals surface area (Å²) in [5, 5.41) is 0. The van der Waals surface area contributed by atoms with E-state index in [1.807, 2.05) is 0 Å². The number of benzene rings is 9. The lowest BCUT2D eigenvalue weighted by atomic mass is 9.70. The number of allylic oxidation sites excluding steroid dienone is 8. The molecule has 2 unspecified atom stereocenters. The lowest BCUT2D eigenvalue weighted by Gasteiger charge is -2.33. The zero-order valence-corrected chi connectivity index (χ0v) is 49.6. The smallest absolute Gasteiger partial charge is 0.209 e. The van der Waals surface area contributed by atoms with E-state index in [4.69, 9.17) is 0 Å². The van der Waals surface area contributed by atoms with E-state index in [0.29, 0.717) is 0 Å². The van der Waals surface area contributed by atoms with Gasteiger partial charge in [0.25, 0.3) is 0 Å². The number of likely N-dealkylation sites (N-methyl/N-ethyl adjacent to an activating group) is 2. The minimum atomic E-state index is -0.272. The number of hydrogen-bond acceptors (Lipinski definition) is 2. The monoisotopic (exact) mass is 1090 g/mol. The Kier molecular flexibility index (Phi) is 14.3. The van der Waals surface area contributed by atoms with Crippen molar-refractivity contribution in [3.63, 3.8) is 0 Å². The molecule has 2 atom stereocenters. The summed E-state index contributed by atoms with van der Waals surface area (Å²) in [6.45, 7) is 4.90. The van der Waals surface area contributed by atoms with E-state index in [1.165, 1.54) is 101 Å². The molecule has 4 heteroatoms. The molecular formula is C80H76N4+2. The van der Waals surface area contributed by atoms with Crippen LogP contribution in [0.2, 0.25) is 0 Å². The van der Waals surface area contributed by atoms with Crippen LogP contribution in [0.25, 0.3) is 0 Å². The van der Waals surface area contributed by atoms with Crippen LogP contribution < -0.4 is 9.80 Å². The van der Waals surface area contributed by atoms with Crippen molar-refractivity contribution in [2.75, 3.05) is 38.0 Å². The van der Waals surface area contributed by atoms with Gasteiger partial charge >= 0.3 is 0 Å². The standard InChI is InChI=1S/C80H76N4/c1-77(65-37-19-23-41-69(65)81(3)73(77)45-27-47-75-79(55-59-29-11-7-12-30-59,56-60-31-13-8-14-32-60)67-39-21-25-43-71(67)83(75)5)53-63-49-51-64(52-50-63)54-78(2)66-38-20-24-42-70(66)82(4)74(78)46-28-48-76-80(57-61-33-15-9-16-34-61,58-62-35-17-10-18-36-62)68-40-22-26-44-72(68)84(76)6/h7-52H,53-58H2,1-6H3/q+2. The zero-order valence-electron chi connectivity index (χ0n) is 49.6. The lowest BCUT2D eigenvalue weighted by molar-refractivity contribution is -0.401. The molecule has 9 aromatic rings. The van der Waals surface area contributed by atoms with E-state index in [0.717, 1.165) is 38.5 Å². The number of hydrogen-bond donors (Lipinski definition) is 0. The molecule has 0 saturated carbocycles. The maximum absolute atomic E-state index is 2.45. The number of fused-ring (bicyclic) bond motifs is 4. The number of para-hydroxylation sites is 4. The Morgan fingerprint density at radius 1 is 0.321 bits per heavy atom. The zero-order chi connectivity index (χ0) is 57.5. The first-order chi connectivity index (χ1) is 41.0. The van der Waals surface area contributed by atoms with E-state index in [9.17, 15) is 0 Å². The van der Waals surface area contributed by atoms with Crippen LogP contribution in [-0.2, 0) is 60.2 Å². The average Bonchev–Trinajstić information content (AvgIpc) is 4.01. The van der Waals surface area contributed by atoms with Gasteiger partial charge < -0.3 is 9.80 Å². The Hall–Kier alpha value is -9.12. The van der Waals surface area contributed by atoms with Crippen LogP contribution in [0.1, 0.15) is 69.5 Å². The summed E-state index contributed by atoms with van der Waals surface area (Å²) in [4.78, 5) is 4.89. The van der Waals surface area contributed by atoms with Crippen LogP contribution in [0.3, 0.4) is 0 Å². The van der Waals surface area contributed by atoms with Crippen LogP contribution in [0, 0.1) is 0 Å². The fourth-order valence-electron chi connectivity index (χ4n) is 15.5. The van der Waals surface area contributed by atoms with Gasteiger partial charge in [0.15, 0.2) is 11.4 Å². The molecule has 9 aromatic carbocycles. The van der Waals surface area contributed by atoms with Gasteiger partial charge in [0.1, 0.15) is 14.1 Å². The first-order valence-electron chi connectivity index (χ1n) is 30.1. The fraction of sp³-hybridized carbons (Fsp3) is 0.200. The van der Waals surface area contributed by atoms with Gasteiger partial charge in [-0.25, -0.2) is 0 Å². The molecule has 13 rings (SSSR count). The van der Waals surface area contributed by atoms with Crippen molar-refractivity contribution in [1.82, 2.24) is 0 Å². The Labute approximate surface area is 498 Å². The minimum absolute atomic E-state index is 0.268. The first kappa shape index (κ1) is 54.1. The molecule has 0 amide bonds. The summed E-state index contributed by atoms with van der Waals surface area (Å²) in [5.41, 5.74) is 22.7. The van der Waals surface area contributed by atoms with Crippen molar-refractivity contribution in [3.05, 3.63) is 346 Å². The molecule has 0 aromatic heterocycles. The lowest BCUT2D eigenvalue weighted by Crippen LogP contribution is -2.35. The molecule has 0 spiro atoms. The molecular weight excluding hydrogens is 1020 g/mol. The van der Waals surface area contributed by atoms with Crippen molar-refractivity contribution in [1.29, 1.82) is 0 Å². The SMILES string of the molecule is CN1/C(=C/C=C/C2=[N+](C)c3ccccc3C2(C)Cc2ccc(CC3(C)C(/C=C/C=C4/N(C)c5ccccc5C4(Cc4ccccc4)Cc4ccccc4)=[N+](C)c4ccccc43)cc2)C(Cc2ccccc2)(Cc2ccccc2)c2ccccc21.